The first-order valence-corrected chi connectivity index (χ1v) is 6.07. The Hall–Kier alpha value is -2.96. The van der Waals surface area contributed by atoms with Gasteiger partial charge in [0.2, 0.25) is 0 Å². The number of aryl methyl sites for hydroxylation is 1. The highest BCUT2D eigenvalue weighted by atomic mass is 16.3. The second-order valence-corrected chi connectivity index (χ2v) is 4.52. The number of aromatic amines is 1. The van der Waals surface area contributed by atoms with Crippen LogP contribution in [0.25, 0.3) is 27.8 Å². The molecule has 0 amide bonds. The van der Waals surface area contributed by atoms with E-state index < -0.39 is 0 Å². The fourth-order valence-electron chi connectivity index (χ4n) is 2.23. The van der Waals surface area contributed by atoms with Crippen LogP contribution in [0.5, 0.6) is 6.01 Å². The van der Waals surface area contributed by atoms with Crippen molar-refractivity contribution in [3.63, 3.8) is 0 Å². The third-order valence-electron chi connectivity index (χ3n) is 3.23. The summed E-state index contributed by atoms with van der Waals surface area (Å²) >= 11 is 0. The zero-order valence-corrected chi connectivity index (χ0v) is 10.6. The Bertz CT molecular complexity index is 938. The molecule has 0 spiro atoms. The molecule has 2 N–H and O–H groups in total. The topological polar surface area (TPSA) is 92.5 Å². The smallest absolute Gasteiger partial charge is 0.316 e. The molecule has 0 bridgehead atoms. The van der Waals surface area contributed by atoms with Gasteiger partial charge in [-0.25, -0.2) is 9.67 Å². The van der Waals surface area contributed by atoms with Crippen LogP contribution in [0.15, 0.2) is 30.7 Å². The van der Waals surface area contributed by atoms with Gasteiger partial charge in [-0.2, -0.15) is 9.97 Å². The molecular formula is C13H10N6O. The molecule has 4 rings (SSSR count). The summed E-state index contributed by atoms with van der Waals surface area (Å²) in [4.78, 5) is 15.1. The van der Waals surface area contributed by atoms with Crippen LogP contribution in [0.2, 0.25) is 0 Å². The molecule has 0 radical (unpaired) electrons. The maximum atomic E-state index is 9.42. The second-order valence-electron chi connectivity index (χ2n) is 4.52. The summed E-state index contributed by atoms with van der Waals surface area (Å²) in [6, 6.07) is 5.54. The van der Waals surface area contributed by atoms with Crippen molar-refractivity contribution in [3.05, 3.63) is 36.4 Å². The molecule has 3 aromatic heterocycles. The van der Waals surface area contributed by atoms with E-state index in [0.717, 1.165) is 22.1 Å². The minimum atomic E-state index is -0.260. The zero-order valence-electron chi connectivity index (χ0n) is 10.6. The van der Waals surface area contributed by atoms with E-state index in [4.69, 9.17) is 0 Å². The molecule has 0 saturated heterocycles. The first-order valence-electron chi connectivity index (χ1n) is 6.07. The summed E-state index contributed by atoms with van der Waals surface area (Å²) in [7, 11) is 0. The Morgan fingerprint density at radius 2 is 2.15 bits per heavy atom. The van der Waals surface area contributed by atoms with Crippen molar-refractivity contribution in [3.8, 4) is 11.7 Å². The highest BCUT2D eigenvalue weighted by Crippen LogP contribution is 2.20. The quantitative estimate of drug-likeness (QED) is 0.547. The average Bonchev–Trinajstić information content (AvgIpc) is 3.03. The molecule has 4 aromatic rings. The summed E-state index contributed by atoms with van der Waals surface area (Å²) in [5.74, 6) is 0. The Morgan fingerprint density at radius 3 is 3.05 bits per heavy atom. The van der Waals surface area contributed by atoms with Crippen LogP contribution in [0.3, 0.4) is 0 Å². The highest BCUT2D eigenvalue weighted by molar-refractivity contribution is 5.79. The fourth-order valence-corrected chi connectivity index (χ4v) is 2.23. The average molecular weight is 266 g/mol. The van der Waals surface area contributed by atoms with Crippen molar-refractivity contribution >= 4 is 22.1 Å². The summed E-state index contributed by atoms with van der Waals surface area (Å²) in [5.41, 5.74) is 3.89. The third kappa shape index (κ3) is 1.53. The number of aromatic nitrogens is 6. The number of hydrogen-bond donors (Lipinski definition) is 2. The van der Waals surface area contributed by atoms with Gasteiger partial charge >= 0.3 is 6.01 Å². The van der Waals surface area contributed by atoms with E-state index in [9.17, 15) is 5.11 Å². The Kier molecular flexibility index (Phi) is 2.06. The molecule has 0 aliphatic carbocycles. The number of imidazole rings is 1. The molecule has 20 heavy (non-hydrogen) atoms. The molecule has 0 fully saturated rings. The van der Waals surface area contributed by atoms with Crippen LogP contribution >= 0.6 is 0 Å². The lowest BCUT2D eigenvalue weighted by Crippen LogP contribution is -1.94. The number of fused-ring (bicyclic) bond motifs is 2. The largest absolute Gasteiger partial charge is 0.479 e. The van der Waals surface area contributed by atoms with E-state index >= 15 is 0 Å². The summed E-state index contributed by atoms with van der Waals surface area (Å²) < 4.78 is 1.71. The van der Waals surface area contributed by atoms with Gasteiger partial charge in [0, 0.05) is 6.20 Å². The summed E-state index contributed by atoms with van der Waals surface area (Å²) in [6.45, 7) is 1.81. The molecule has 0 unspecified atom stereocenters. The molecule has 7 heteroatoms. The fraction of sp³-hybridized carbons (Fsp3) is 0.0769. The summed E-state index contributed by atoms with van der Waals surface area (Å²) in [5, 5.41) is 14.6. The molecule has 0 atom stereocenters. The van der Waals surface area contributed by atoms with Gasteiger partial charge in [-0.1, -0.05) is 0 Å². The van der Waals surface area contributed by atoms with Gasteiger partial charge in [-0.05, 0) is 25.1 Å². The lowest BCUT2D eigenvalue weighted by atomic mass is 10.3. The van der Waals surface area contributed by atoms with E-state index in [-0.39, 0.29) is 6.01 Å². The Morgan fingerprint density at radius 1 is 1.25 bits per heavy atom. The minimum Gasteiger partial charge on any atom is -0.479 e. The summed E-state index contributed by atoms with van der Waals surface area (Å²) in [6.07, 6.45) is 3.50. The maximum Gasteiger partial charge on any atom is 0.316 e. The predicted molar refractivity (Wildman–Crippen MR) is 72.7 cm³/mol. The SMILES string of the molecule is Cc1nc(O)nc2nn(-c3ccc4nc[nH]c4c3)cc12. The van der Waals surface area contributed by atoms with Crippen LogP contribution in [-0.2, 0) is 0 Å². The van der Waals surface area contributed by atoms with Crippen LogP contribution in [0.4, 0.5) is 0 Å². The molecule has 0 aliphatic heterocycles. The lowest BCUT2D eigenvalue weighted by molar-refractivity contribution is 0.431. The number of rotatable bonds is 1. The molecule has 0 aliphatic rings. The van der Waals surface area contributed by atoms with Crippen molar-refractivity contribution in [1.82, 2.24) is 29.7 Å². The van der Waals surface area contributed by atoms with Crippen molar-refractivity contribution in [2.75, 3.05) is 0 Å². The monoisotopic (exact) mass is 266 g/mol. The van der Waals surface area contributed by atoms with E-state index in [1.165, 1.54) is 0 Å². The van der Waals surface area contributed by atoms with Crippen molar-refractivity contribution in [2.24, 2.45) is 0 Å². The maximum absolute atomic E-state index is 9.42. The second kappa shape index (κ2) is 3.77. The number of benzene rings is 1. The zero-order chi connectivity index (χ0) is 13.7. The van der Waals surface area contributed by atoms with Crippen molar-refractivity contribution in [1.29, 1.82) is 0 Å². The number of aromatic hydroxyl groups is 1. The van der Waals surface area contributed by atoms with Gasteiger partial charge in [-0.3, -0.25) is 0 Å². The number of H-pyrrole nitrogens is 1. The van der Waals surface area contributed by atoms with Crippen molar-refractivity contribution < 1.29 is 5.11 Å². The van der Waals surface area contributed by atoms with Gasteiger partial charge in [0.1, 0.15) is 0 Å². The van der Waals surface area contributed by atoms with Crippen LogP contribution in [0, 0.1) is 6.92 Å². The number of nitrogens with zero attached hydrogens (tertiary/aromatic N) is 5. The normalized spacial score (nSPS) is 11.4. The number of hydrogen-bond acceptors (Lipinski definition) is 5. The Balaban J connectivity index is 1.94. The molecule has 1 aromatic carbocycles. The first kappa shape index (κ1) is 10.9. The van der Waals surface area contributed by atoms with Crippen LogP contribution in [0.1, 0.15) is 5.69 Å². The van der Waals surface area contributed by atoms with Gasteiger partial charge < -0.3 is 10.1 Å². The van der Waals surface area contributed by atoms with Gasteiger partial charge in [0.15, 0.2) is 5.65 Å². The van der Waals surface area contributed by atoms with Crippen LogP contribution in [-0.4, -0.2) is 34.8 Å². The Labute approximate surface area is 112 Å². The molecule has 0 saturated carbocycles. The van der Waals surface area contributed by atoms with E-state index in [1.54, 1.807) is 11.0 Å². The number of nitrogens with one attached hydrogen (secondary N) is 1. The minimum absolute atomic E-state index is 0.260. The molecular weight excluding hydrogens is 256 g/mol. The van der Waals surface area contributed by atoms with Crippen LogP contribution < -0.4 is 0 Å². The third-order valence-corrected chi connectivity index (χ3v) is 3.23. The van der Waals surface area contributed by atoms with E-state index in [1.807, 2.05) is 31.3 Å². The van der Waals surface area contributed by atoms with E-state index in [0.29, 0.717) is 11.3 Å². The van der Waals surface area contributed by atoms with Gasteiger partial charge in [0.05, 0.1) is 34.1 Å². The van der Waals surface area contributed by atoms with Gasteiger partial charge in [0.25, 0.3) is 0 Å². The van der Waals surface area contributed by atoms with Crippen molar-refractivity contribution in [2.45, 2.75) is 6.92 Å². The molecule has 7 nitrogen and oxygen atoms in total. The molecule has 98 valence electrons. The highest BCUT2D eigenvalue weighted by Gasteiger charge is 2.10. The van der Waals surface area contributed by atoms with Gasteiger partial charge in [-0.15, -0.1) is 5.10 Å². The predicted octanol–water partition coefficient (Wildman–Crippen LogP) is 1.71. The first-order chi connectivity index (χ1) is 9.70. The standard InChI is InChI=1S/C13H10N6O/c1-7-9-5-19(18-12(9)17-13(20)16-7)8-2-3-10-11(4-8)15-6-14-10/h2-6H,1H3,(H,14,15)(H,17,18,20). The lowest BCUT2D eigenvalue weighted by Gasteiger charge is -1.99. The molecule has 3 heterocycles. The van der Waals surface area contributed by atoms with E-state index in [2.05, 4.69) is 25.0 Å².